The topological polar surface area (TPSA) is 101 Å². The van der Waals surface area contributed by atoms with Crippen LogP contribution < -0.4 is 0 Å². The summed E-state index contributed by atoms with van der Waals surface area (Å²) in [6, 6.07) is 2.23. The Labute approximate surface area is 171 Å². The Morgan fingerprint density at radius 3 is 2.50 bits per heavy atom. The highest BCUT2D eigenvalue weighted by atomic mass is 31.2. The van der Waals surface area contributed by atoms with Gasteiger partial charge in [0, 0.05) is 18.1 Å². The third-order valence-corrected chi connectivity index (χ3v) is 5.26. The second kappa shape index (κ2) is 15.7. The molecule has 0 bridgehead atoms. The number of carbonyl (C=O) groups excluding carboxylic acids is 1. The van der Waals surface area contributed by atoms with Crippen molar-refractivity contribution in [3.05, 3.63) is 12.7 Å². The van der Waals surface area contributed by atoms with E-state index < -0.39 is 14.7 Å². The van der Waals surface area contributed by atoms with Gasteiger partial charge in [-0.25, -0.2) is 9.46 Å². The summed E-state index contributed by atoms with van der Waals surface area (Å²) >= 11 is 0. The summed E-state index contributed by atoms with van der Waals surface area (Å²) in [6.07, 6.45) is 2.62. The summed E-state index contributed by atoms with van der Waals surface area (Å²) in [5, 5.41) is 8.32. The van der Waals surface area contributed by atoms with Gasteiger partial charge in [-0.2, -0.15) is 5.26 Å². The molecule has 0 aromatic heterocycles. The molecular formula is C18H32BN2O6P. The van der Waals surface area contributed by atoms with Crippen molar-refractivity contribution in [2.75, 3.05) is 19.8 Å². The zero-order valence-corrected chi connectivity index (χ0v) is 18.1. The Bertz CT molecular complexity index is 481. The van der Waals surface area contributed by atoms with Gasteiger partial charge in [0.25, 0.3) is 8.53 Å². The predicted octanol–water partition coefficient (Wildman–Crippen LogP) is 3.25. The van der Waals surface area contributed by atoms with Crippen LogP contribution in [0.5, 0.6) is 0 Å². The highest BCUT2D eigenvalue weighted by Gasteiger charge is 2.24. The minimum absolute atomic E-state index is 0.0960. The number of nitrogens with zero attached hydrogens (tertiary/aromatic N) is 2. The van der Waals surface area contributed by atoms with E-state index in [1.165, 1.54) is 6.08 Å². The smallest absolute Gasteiger partial charge is 0.432 e. The van der Waals surface area contributed by atoms with Gasteiger partial charge in [-0.1, -0.05) is 12.7 Å². The first kappa shape index (κ1) is 26.8. The molecule has 1 N–H and O–H groups in total. The molecule has 0 aliphatic carbocycles. The maximum absolute atomic E-state index is 10.9. The van der Waals surface area contributed by atoms with Crippen LogP contribution in [0, 0.1) is 11.3 Å². The fraction of sp³-hybridized carbons (Fsp3) is 0.778. The average Bonchev–Trinajstić information content (AvgIpc) is 3.03. The van der Waals surface area contributed by atoms with E-state index in [4.69, 9.17) is 27.1 Å². The SMILES string of the molecule is CC(C)N(C(C)C)P(O)OCCC#N.[B]C1CCC(COC(=O)OCC=C)O1. The number of rotatable bonds is 10. The Kier molecular flexibility index (Phi) is 15.1. The van der Waals surface area contributed by atoms with Gasteiger partial charge in [-0.15, -0.1) is 0 Å². The van der Waals surface area contributed by atoms with Gasteiger partial charge in [0.1, 0.15) is 21.1 Å². The molecular weight excluding hydrogens is 382 g/mol. The van der Waals surface area contributed by atoms with Crippen LogP contribution in [0.25, 0.3) is 0 Å². The van der Waals surface area contributed by atoms with Crippen LogP contribution >= 0.6 is 8.53 Å². The molecule has 1 rings (SSSR count). The second-order valence-electron chi connectivity index (χ2n) is 6.60. The molecule has 0 spiro atoms. The van der Waals surface area contributed by atoms with Crippen molar-refractivity contribution in [3.63, 3.8) is 0 Å². The van der Waals surface area contributed by atoms with Crippen LogP contribution in [0.15, 0.2) is 12.7 Å². The summed E-state index contributed by atoms with van der Waals surface area (Å²) < 4.78 is 21.7. The molecule has 3 atom stereocenters. The third kappa shape index (κ3) is 12.3. The molecule has 1 aliphatic heterocycles. The zero-order chi connectivity index (χ0) is 21.5. The zero-order valence-electron chi connectivity index (χ0n) is 17.2. The van der Waals surface area contributed by atoms with Gasteiger partial charge in [-0.05, 0) is 40.5 Å². The summed E-state index contributed by atoms with van der Waals surface area (Å²) in [6.45, 7) is 12.1. The molecule has 1 heterocycles. The molecule has 2 radical (unpaired) electrons. The van der Waals surface area contributed by atoms with Crippen molar-refractivity contribution in [1.82, 2.24) is 4.67 Å². The van der Waals surface area contributed by atoms with Gasteiger partial charge in [0.15, 0.2) is 0 Å². The average molecular weight is 414 g/mol. The van der Waals surface area contributed by atoms with Gasteiger partial charge in [-0.3, -0.25) is 0 Å². The van der Waals surface area contributed by atoms with Crippen molar-refractivity contribution in [3.8, 4) is 6.07 Å². The van der Waals surface area contributed by atoms with Gasteiger partial charge in [0.2, 0.25) is 0 Å². The number of hydrogen-bond acceptors (Lipinski definition) is 8. The van der Waals surface area contributed by atoms with E-state index in [1.54, 1.807) is 0 Å². The van der Waals surface area contributed by atoms with Crippen molar-refractivity contribution >= 4 is 22.5 Å². The molecule has 10 heteroatoms. The molecule has 0 saturated carbocycles. The van der Waals surface area contributed by atoms with Crippen LogP contribution in [0.3, 0.4) is 0 Å². The second-order valence-corrected chi connectivity index (χ2v) is 7.82. The van der Waals surface area contributed by atoms with Crippen LogP contribution in [-0.2, 0) is 18.7 Å². The maximum atomic E-state index is 10.9. The summed E-state index contributed by atoms with van der Waals surface area (Å²) in [5.41, 5.74) is 0. The lowest BCUT2D eigenvalue weighted by Gasteiger charge is -2.32. The lowest BCUT2D eigenvalue weighted by Crippen LogP contribution is -2.32. The fourth-order valence-electron chi connectivity index (χ4n) is 2.42. The van der Waals surface area contributed by atoms with E-state index >= 15 is 0 Å². The Hall–Kier alpha value is -1.17. The Morgan fingerprint density at radius 2 is 2.04 bits per heavy atom. The van der Waals surface area contributed by atoms with Crippen molar-refractivity contribution in [2.24, 2.45) is 0 Å². The van der Waals surface area contributed by atoms with E-state index in [0.29, 0.717) is 13.0 Å². The first-order valence-electron chi connectivity index (χ1n) is 9.31. The number of hydrogen-bond donors (Lipinski definition) is 1. The molecule has 0 aromatic carbocycles. The van der Waals surface area contributed by atoms with Gasteiger partial charge in [0.05, 0.1) is 25.2 Å². The van der Waals surface area contributed by atoms with Crippen molar-refractivity contribution < 1.29 is 28.4 Å². The highest BCUT2D eigenvalue weighted by molar-refractivity contribution is 7.43. The number of nitriles is 1. The standard InChI is InChI=1S/C9H13BO4.C9H19N2O2P/c1-2-5-12-9(11)13-6-7-3-4-8(10)14-7;1-8(2)11(9(3)4)14(12)13-7-5-6-10/h2,7-8H,1,3-6H2;8-9,12H,5,7H2,1-4H3. The van der Waals surface area contributed by atoms with Gasteiger partial charge < -0.3 is 23.6 Å². The Balaban J connectivity index is 0.000000521. The molecule has 1 fully saturated rings. The van der Waals surface area contributed by atoms with E-state index in [0.717, 1.165) is 12.8 Å². The Morgan fingerprint density at radius 1 is 1.39 bits per heavy atom. The predicted molar refractivity (Wildman–Crippen MR) is 109 cm³/mol. The molecule has 1 aliphatic rings. The molecule has 8 nitrogen and oxygen atoms in total. The molecule has 28 heavy (non-hydrogen) atoms. The van der Waals surface area contributed by atoms with Gasteiger partial charge >= 0.3 is 6.16 Å². The molecule has 0 aromatic rings. The number of ether oxygens (including phenoxy) is 3. The maximum Gasteiger partial charge on any atom is 0.508 e. The van der Waals surface area contributed by atoms with E-state index in [9.17, 15) is 9.69 Å². The summed E-state index contributed by atoms with van der Waals surface area (Å²) in [7, 11) is 3.95. The lowest BCUT2D eigenvalue weighted by molar-refractivity contribution is 0.00445. The largest absolute Gasteiger partial charge is 0.508 e. The minimum Gasteiger partial charge on any atom is -0.432 e. The minimum atomic E-state index is -1.55. The lowest BCUT2D eigenvalue weighted by atomic mass is 9.97. The fourth-order valence-corrected chi connectivity index (χ4v) is 3.59. The molecule has 0 amide bonds. The summed E-state index contributed by atoms with van der Waals surface area (Å²) in [4.78, 5) is 20.6. The van der Waals surface area contributed by atoms with Crippen LogP contribution in [0.1, 0.15) is 47.0 Å². The van der Waals surface area contributed by atoms with E-state index in [-0.39, 0.29) is 37.4 Å². The first-order chi connectivity index (χ1) is 13.2. The van der Waals surface area contributed by atoms with E-state index in [2.05, 4.69) is 11.3 Å². The van der Waals surface area contributed by atoms with Crippen molar-refractivity contribution in [2.45, 2.75) is 71.1 Å². The molecule has 1 saturated heterocycles. The quantitative estimate of drug-likeness (QED) is 0.191. The normalized spacial score (nSPS) is 19.7. The number of carbonyl (C=O) groups is 1. The van der Waals surface area contributed by atoms with Crippen LogP contribution in [-0.4, -0.2) is 67.6 Å². The van der Waals surface area contributed by atoms with Crippen molar-refractivity contribution in [1.29, 1.82) is 5.26 Å². The first-order valence-corrected chi connectivity index (χ1v) is 10.5. The van der Waals surface area contributed by atoms with E-state index in [1.807, 2.05) is 38.4 Å². The monoisotopic (exact) mass is 414 g/mol. The van der Waals surface area contributed by atoms with Crippen LogP contribution in [0.2, 0.25) is 0 Å². The molecule has 3 unspecified atom stereocenters. The summed E-state index contributed by atoms with van der Waals surface area (Å²) in [5.74, 6) is 0. The van der Waals surface area contributed by atoms with Crippen LogP contribution in [0.4, 0.5) is 4.79 Å². The third-order valence-electron chi connectivity index (χ3n) is 3.52. The highest BCUT2D eigenvalue weighted by Crippen LogP contribution is 2.40. The molecule has 158 valence electrons.